The van der Waals surface area contributed by atoms with Crippen molar-refractivity contribution in [1.82, 2.24) is 14.5 Å². The Morgan fingerprint density at radius 3 is 2.53 bits per heavy atom. The molecule has 0 radical (unpaired) electrons. The van der Waals surface area contributed by atoms with E-state index < -0.39 is 0 Å². The van der Waals surface area contributed by atoms with Crippen molar-refractivity contribution in [3.8, 4) is 0 Å². The van der Waals surface area contributed by atoms with Gasteiger partial charge in [0.05, 0.1) is 5.69 Å². The fourth-order valence-electron chi connectivity index (χ4n) is 2.45. The largest absolute Gasteiger partial charge is 0.355 e. The number of aromatic nitrogens is 2. The predicted octanol–water partition coefficient (Wildman–Crippen LogP) is 2.85. The maximum Gasteiger partial charge on any atom is 0.203 e. The molecule has 0 saturated heterocycles. The van der Waals surface area contributed by atoms with E-state index in [9.17, 15) is 0 Å². The predicted molar refractivity (Wildman–Crippen MR) is 82.6 cm³/mol. The van der Waals surface area contributed by atoms with E-state index in [-0.39, 0.29) is 5.41 Å². The molecule has 0 saturated carbocycles. The third-order valence-electron chi connectivity index (χ3n) is 2.93. The van der Waals surface area contributed by atoms with Gasteiger partial charge in [0.2, 0.25) is 5.95 Å². The second-order valence-corrected chi connectivity index (χ2v) is 7.01. The van der Waals surface area contributed by atoms with Gasteiger partial charge in [-0.3, -0.25) is 0 Å². The Labute approximate surface area is 118 Å². The second kappa shape index (κ2) is 6.42. The van der Waals surface area contributed by atoms with Crippen molar-refractivity contribution in [2.45, 2.75) is 41.2 Å². The summed E-state index contributed by atoms with van der Waals surface area (Å²) in [5.74, 6) is 1.63. The van der Waals surface area contributed by atoms with E-state index in [4.69, 9.17) is 0 Å². The maximum atomic E-state index is 4.58. The summed E-state index contributed by atoms with van der Waals surface area (Å²) < 4.78 is 2.23. The van der Waals surface area contributed by atoms with Crippen LogP contribution in [0.4, 0.5) is 5.95 Å². The summed E-state index contributed by atoms with van der Waals surface area (Å²) >= 11 is 0. The van der Waals surface area contributed by atoms with E-state index in [1.54, 1.807) is 0 Å². The molecule has 0 amide bonds. The first-order chi connectivity index (χ1) is 8.69. The summed E-state index contributed by atoms with van der Waals surface area (Å²) in [4.78, 5) is 6.81. The molecule has 0 aliphatic carbocycles. The van der Waals surface area contributed by atoms with Crippen molar-refractivity contribution >= 4 is 5.95 Å². The third kappa shape index (κ3) is 5.64. The molecule has 1 aromatic rings. The highest BCUT2D eigenvalue weighted by Crippen LogP contribution is 2.18. The molecule has 19 heavy (non-hydrogen) atoms. The highest BCUT2D eigenvalue weighted by molar-refractivity contribution is 5.29. The Morgan fingerprint density at radius 1 is 1.37 bits per heavy atom. The van der Waals surface area contributed by atoms with E-state index in [1.807, 2.05) is 6.92 Å². The topological polar surface area (TPSA) is 33.1 Å². The van der Waals surface area contributed by atoms with Crippen molar-refractivity contribution in [1.29, 1.82) is 0 Å². The van der Waals surface area contributed by atoms with Crippen LogP contribution in [0.2, 0.25) is 0 Å². The number of rotatable bonds is 7. The van der Waals surface area contributed by atoms with Crippen molar-refractivity contribution in [3.05, 3.63) is 11.9 Å². The summed E-state index contributed by atoms with van der Waals surface area (Å²) in [5, 5.41) is 3.51. The Kier molecular flexibility index (Phi) is 5.41. The zero-order valence-electron chi connectivity index (χ0n) is 13.6. The van der Waals surface area contributed by atoms with Crippen LogP contribution in [0.5, 0.6) is 0 Å². The van der Waals surface area contributed by atoms with Gasteiger partial charge < -0.3 is 14.8 Å². The average Bonchev–Trinajstić information content (AvgIpc) is 2.53. The van der Waals surface area contributed by atoms with Crippen molar-refractivity contribution < 1.29 is 0 Å². The van der Waals surface area contributed by atoms with Gasteiger partial charge in [0.25, 0.3) is 0 Å². The number of nitrogens with zero attached hydrogens (tertiary/aromatic N) is 3. The molecule has 4 nitrogen and oxygen atoms in total. The van der Waals surface area contributed by atoms with Crippen LogP contribution in [0.15, 0.2) is 6.20 Å². The molecule has 4 heteroatoms. The molecule has 0 atom stereocenters. The monoisotopic (exact) mass is 266 g/mol. The molecule has 0 fully saturated rings. The minimum Gasteiger partial charge on any atom is -0.355 e. The first kappa shape index (κ1) is 16.0. The Hall–Kier alpha value is -1.03. The molecule has 110 valence electrons. The zero-order chi connectivity index (χ0) is 14.6. The van der Waals surface area contributed by atoms with Crippen LogP contribution in [0, 0.1) is 18.3 Å². The number of imidazole rings is 1. The lowest BCUT2D eigenvalue weighted by Crippen LogP contribution is -2.34. The Morgan fingerprint density at radius 2 is 2.00 bits per heavy atom. The number of hydrogen-bond donors (Lipinski definition) is 1. The van der Waals surface area contributed by atoms with Crippen LogP contribution < -0.4 is 5.32 Å². The SMILES string of the molecule is Cc1cn(CC(C)C)c(NCC(C)(C)CN(C)C)n1. The van der Waals surface area contributed by atoms with Crippen LogP contribution in [-0.2, 0) is 6.54 Å². The summed E-state index contributed by atoms with van der Waals surface area (Å²) in [6.07, 6.45) is 2.13. The van der Waals surface area contributed by atoms with Gasteiger partial charge in [-0.1, -0.05) is 27.7 Å². The second-order valence-electron chi connectivity index (χ2n) is 7.01. The fourth-order valence-corrected chi connectivity index (χ4v) is 2.45. The van der Waals surface area contributed by atoms with Gasteiger partial charge in [-0.25, -0.2) is 4.98 Å². The van der Waals surface area contributed by atoms with E-state index >= 15 is 0 Å². The summed E-state index contributed by atoms with van der Waals surface area (Å²) in [6.45, 7) is 14.1. The van der Waals surface area contributed by atoms with Crippen molar-refractivity contribution in [2.75, 3.05) is 32.5 Å². The normalized spacial score (nSPS) is 12.5. The van der Waals surface area contributed by atoms with Crippen LogP contribution in [0.3, 0.4) is 0 Å². The van der Waals surface area contributed by atoms with Crippen molar-refractivity contribution in [2.24, 2.45) is 11.3 Å². The fraction of sp³-hybridized carbons (Fsp3) is 0.800. The zero-order valence-corrected chi connectivity index (χ0v) is 13.6. The lowest BCUT2D eigenvalue weighted by atomic mass is 9.93. The van der Waals surface area contributed by atoms with Crippen molar-refractivity contribution in [3.63, 3.8) is 0 Å². The van der Waals surface area contributed by atoms with Gasteiger partial charge in [-0.05, 0) is 32.4 Å². The van der Waals surface area contributed by atoms with Gasteiger partial charge in [-0.2, -0.15) is 0 Å². The molecule has 0 aliphatic heterocycles. The quantitative estimate of drug-likeness (QED) is 0.824. The maximum absolute atomic E-state index is 4.58. The highest BCUT2D eigenvalue weighted by atomic mass is 15.2. The molecule has 0 aliphatic rings. The van der Waals surface area contributed by atoms with E-state index in [0.29, 0.717) is 5.92 Å². The minimum atomic E-state index is 0.228. The highest BCUT2D eigenvalue weighted by Gasteiger charge is 2.19. The average molecular weight is 266 g/mol. The first-order valence-electron chi connectivity index (χ1n) is 7.12. The number of nitrogens with one attached hydrogen (secondary N) is 1. The minimum absolute atomic E-state index is 0.228. The molecule has 1 N–H and O–H groups in total. The van der Waals surface area contributed by atoms with Gasteiger partial charge in [0.15, 0.2) is 0 Å². The van der Waals surface area contributed by atoms with Crippen LogP contribution in [0.1, 0.15) is 33.4 Å². The van der Waals surface area contributed by atoms with Gasteiger partial charge in [-0.15, -0.1) is 0 Å². The van der Waals surface area contributed by atoms with E-state index in [2.05, 4.69) is 67.8 Å². The van der Waals surface area contributed by atoms with Gasteiger partial charge in [0, 0.05) is 25.8 Å². The molecule has 0 unspecified atom stereocenters. The Bertz CT molecular complexity index is 391. The number of anilines is 1. The molecular weight excluding hydrogens is 236 g/mol. The van der Waals surface area contributed by atoms with Gasteiger partial charge >= 0.3 is 0 Å². The van der Waals surface area contributed by atoms with Crippen LogP contribution in [-0.4, -0.2) is 41.6 Å². The summed E-state index contributed by atoms with van der Waals surface area (Å²) in [6, 6.07) is 0. The standard InChI is InChI=1S/C15H30N4/c1-12(2)8-19-9-13(3)17-14(19)16-10-15(4,5)11-18(6)7/h9,12H,8,10-11H2,1-7H3,(H,16,17). The van der Waals surface area contributed by atoms with E-state index in [1.165, 1.54) is 0 Å². The smallest absolute Gasteiger partial charge is 0.203 e. The number of hydrogen-bond acceptors (Lipinski definition) is 3. The third-order valence-corrected chi connectivity index (χ3v) is 2.93. The first-order valence-corrected chi connectivity index (χ1v) is 7.12. The molecule has 1 aromatic heterocycles. The van der Waals surface area contributed by atoms with Crippen LogP contribution in [0.25, 0.3) is 0 Å². The molecule has 0 bridgehead atoms. The molecule has 0 spiro atoms. The van der Waals surface area contributed by atoms with Gasteiger partial charge in [0.1, 0.15) is 0 Å². The number of aryl methyl sites for hydroxylation is 1. The van der Waals surface area contributed by atoms with E-state index in [0.717, 1.165) is 31.3 Å². The molecule has 1 rings (SSSR count). The summed E-state index contributed by atoms with van der Waals surface area (Å²) in [7, 11) is 4.23. The Balaban J connectivity index is 2.66. The summed E-state index contributed by atoms with van der Waals surface area (Å²) in [5.41, 5.74) is 1.31. The molecule has 0 aromatic carbocycles. The molecule has 1 heterocycles. The lowest BCUT2D eigenvalue weighted by molar-refractivity contribution is 0.253. The molecular formula is C15H30N4. The van der Waals surface area contributed by atoms with Crippen LogP contribution >= 0.6 is 0 Å². The lowest BCUT2D eigenvalue weighted by Gasteiger charge is -2.28.